The van der Waals surface area contributed by atoms with Crippen molar-refractivity contribution >= 4 is 23.2 Å². The minimum Gasteiger partial charge on any atom is -0.491 e. The molecule has 2 heterocycles. The van der Waals surface area contributed by atoms with E-state index in [2.05, 4.69) is 10.2 Å². The second-order valence-corrected chi connectivity index (χ2v) is 5.73. The Kier molecular flexibility index (Phi) is 4.96. The van der Waals surface area contributed by atoms with Crippen molar-refractivity contribution in [2.45, 2.75) is 13.0 Å². The first-order valence-corrected chi connectivity index (χ1v) is 7.93. The highest BCUT2D eigenvalue weighted by molar-refractivity contribution is 6.32. The summed E-state index contributed by atoms with van der Waals surface area (Å²) < 4.78 is 7.42. The first-order chi connectivity index (χ1) is 11.6. The summed E-state index contributed by atoms with van der Waals surface area (Å²) in [5.74, 6) is 1.27. The van der Waals surface area contributed by atoms with Crippen LogP contribution >= 0.6 is 11.6 Å². The standard InChI is InChI=1S/C17H17ClN4O2/c1-21(12-16-20-19-15-8-4-5-10-22(15)16)17(23)9-11-24-14-7-3-2-6-13(14)18/h2-8,10H,9,11-12H2,1H3. The molecular weight excluding hydrogens is 328 g/mol. The van der Waals surface area contributed by atoms with E-state index >= 15 is 0 Å². The SMILES string of the molecule is CN(Cc1nnc2ccccn12)C(=O)CCOc1ccccc1Cl. The number of para-hydroxylation sites is 1. The Labute approximate surface area is 144 Å². The maximum Gasteiger partial charge on any atom is 0.226 e. The van der Waals surface area contributed by atoms with E-state index in [1.165, 1.54) is 0 Å². The van der Waals surface area contributed by atoms with Gasteiger partial charge in [0.15, 0.2) is 11.5 Å². The van der Waals surface area contributed by atoms with Gasteiger partial charge in [-0.25, -0.2) is 0 Å². The molecule has 0 bridgehead atoms. The third kappa shape index (κ3) is 3.65. The van der Waals surface area contributed by atoms with Gasteiger partial charge in [0.2, 0.25) is 5.91 Å². The lowest BCUT2D eigenvalue weighted by Gasteiger charge is -2.16. The van der Waals surface area contributed by atoms with Gasteiger partial charge in [0.05, 0.1) is 24.6 Å². The molecule has 3 aromatic rings. The number of benzene rings is 1. The van der Waals surface area contributed by atoms with Crippen LogP contribution in [0.15, 0.2) is 48.7 Å². The normalized spacial score (nSPS) is 10.8. The summed E-state index contributed by atoms with van der Waals surface area (Å²) in [6.07, 6.45) is 2.14. The van der Waals surface area contributed by atoms with Crippen molar-refractivity contribution < 1.29 is 9.53 Å². The van der Waals surface area contributed by atoms with Crippen molar-refractivity contribution in [1.29, 1.82) is 0 Å². The first-order valence-electron chi connectivity index (χ1n) is 7.55. The number of rotatable bonds is 6. The Morgan fingerprint density at radius 3 is 2.83 bits per heavy atom. The zero-order chi connectivity index (χ0) is 16.9. The van der Waals surface area contributed by atoms with Crippen LogP contribution in [0.25, 0.3) is 5.65 Å². The number of fused-ring (bicyclic) bond motifs is 1. The molecule has 1 amide bonds. The van der Waals surface area contributed by atoms with Crippen LogP contribution in [0.1, 0.15) is 12.2 Å². The highest BCUT2D eigenvalue weighted by atomic mass is 35.5. The molecule has 0 atom stereocenters. The van der Waals surface area contributed by atoms with Gasteiger partial charge in [0, 0.05) is 13.2 Å². The minimum atomic E-state index is -0.0327. The van der Waals surface area contributed by atoms with Gasteiger partial charge < -0.3 is 9.64 Å². The number of aromatic nitrogens is 3. The van der Waals surface area contributed by atoms with E-state index in [-0.39, 0.29) is 18.9 Å². The van der Waals surface area contributed by atoms with Gasteiger partial charge >= 0.3 is 0 Å². The number of carbonyl (C=O) groups excluding carboxylic acids is 1. The quantitative estimate of drug-likeness (QED) is 0.690. The predicted molar refractivity (Wildman–Crippen MR) is 91.0 cm³/mol. The molecule has 0 unspecified atom stereocenters. The lowest BCUT2D eigenvalue weighted by Crippen LogP contribution is -2.28. The molecular formula is C17H17ClN4O2. The molecule has 2 aromatic heterocycles. The molecule has 0 aliphatic rings. The molecule has 0 saturated carbocycles. The van der Waals surface area contributed by atoms with Gasteiger partial charge in [-0.15, -0.1) is 10.2 Å². The minimum absolute atomic E-state index is 0.0327. The van der Waals surface area contributed by atoms with Gasteiger partial charge in [-0.1, -0.05) is 29.8 Å². The Balaban J connectivity index is 1.54. The zero-order valence-electron chi connectivity index (χ0n) is 13.2. The number of halogens is 1. The maximum atomic E-state index is 12.2. The fourth-order valence-electron chi connectivity index (χ4n) is 2.30. The van der Waals surface area contributed by atoms with Crippen LogP contribution in [-0.2, 0) is 11.3 Å². The van der Waals surface area contributed by atoms with Crippen molar-refractivity contribution in [3.05, 3.63) is 59.5 Å². The third-order valence-corrected chi connectivity index (χ3v) is 3.91. The smallest absolute Gasteiger partial charge is 0.226 e. The maximum absolute atomic E-state index is 12.2. The topological polar surface area (TPSA) is 59.7 Å². The van der Waals surface area contributed by atoms with Crippen LogP contribution in [0.2, 0.25) is 5.02 Å². The molecule has 0 aliphatic heterocycles. The third-order valence-electron chi connectivity index (χ3n) is 3.60. The second-order valence-electron chi connectivity index (χ2n) is 5.32. The fraction of sp³-hybridized carbons (Fsp3) is 0.235. The molecule has 7 heteroatoms. The zero-order valence-corrected chi connectivity index (χ0v) is 14.0. The van der Waals surface area contributed by atoms with Crippen molar-refractivity contribution in [3.8, 4) is 5.75 Å². The molecule has 0 N–H and O–H groups in total. The molecule has 3 rings (SSSR count). The highest BCUT2D eigenvalue weighted by Crippen LogP contribution is 2.23. The summed E-state index contributed by atoms with van der Waals surface area (Å²) in [5.41, 5.74) is 0.760. The van der Waals surface area contributed by atoms with Gasteiger partial charge in [0.1, 0.15) is 5.75 Å². The number of hydrogen-bond donors (Lipinski definition) is 0. The number of carbonyl (C=O) groups is 1. The largest absolute Gasteiger partial charge is 0.491 e. The van der Waals surface area contributed by atoms with E-state index < -0.39 is 0 Å². The van der Waals surface area contributed by atoms with Crippen LogP contribution in [0, 0.1) is 0 Å². The molecule has 0 radical (unpaired) electrons. The van der Waals surface area contributed by atoms with Crippen molar-refractivity contribution in [2.75, 3.05) is 13.7 Å². The first kappa shape index (κ1) is 16.3. The number of ether oxygens (including phenoxy) is 1. The van der Waals surface area contributed by atoms with E-state index in [9.17, 15) is 4.79 Å². The summed E-state index contributed by atoms with van der Waals surface area (Å²) in [6.45, 7) is 0.656. The molecule has 124 valence electrons. The van der Waals surface area contributed by atoms with E-state index in [0.29, 0.717) is 23.1 Å². The molecule has 0 aliphatic carbocycles. The Morgan fingerprint density at radius 2 is 2.00 bits per heavy atom. The Morgan fingerprint density at radius 1 is 1.21 bits per heavy atom. The van der Waals surface area contributed by atoms with Gasteiger partial charge in [-0.05, 0) is 24.3 Å². The van der Waals surface area contributed by atoms with Crippen LogP contribution in [0.5, 0.6) is 5.75 Å². The average Bonchev–Trinajstić information content (AvgIpc) is 2.99. The summed E-state index contributed by atoms with van der Waals surface area (Å²) in [5, 5.41) is 8.74. The summed E-state index contributed by atoms with van der Waals surface area (Å²) >= 11 is 6.01. The molecule has 24 heavy (non-hydrogen) atoms. The van der Waals surface area contributed by atoms with E-state index in [0.717, 1.165) is 5.65 Å². The number of pyridine rings is 1. The molecule has 0 saturated heterocycles. The second kappa shape index (κ2) is 7.31. The van der Waals surface area contributed by atoms with Crippen LogP contribution in [-0.4, -0.2) is 39.1 Å². The van der Waals surface area contributed by atoms with E-state index in [4.69, 9.17) is 16.3 Å². The lowest BCUT2D eigenvalue weighted by molar-refractivity contribution is -0.131. The lowest BCUT2D eigenvalue weighted by atomic mass is 10.3. The number of amides is 1. The van der Waals surface area contributed by atoms with E-state index in [1.54, 1.807) is 24.1 Å². The number of nitrogens with zero attached hydrogens (tertiary/aromatic N) is 4. The van der Waals surface area contributed by atoms with Crippen LogP contribution in [0.4, 0.5) is 0 Å². The molecule has 6 nitrogen and oxygen atoms in total. The van der Waals surface area contributed by atoms with E-state index in [1.807, 2.05) is 40.9 Å². The van der Waals surface area contributed by atoms with Gasteiger partial charge in [0.25, 0.3) is 0 Å². The van der Waals surface area contributed by atoms with Crippen molar-refractivity contribution in [2.24, 2.45) is 0 Å². The summed E-state index contributed by atoms with van der Waals surface area (Å²) in [6, 6.07) is 12.9. The van der Waals surface area contributed by atoms with Crippen LogP contribution < -0.4 is 4.74 Å². The van der Waals surface area contributed by atoms with Gasteiger partial charge in [-0.2, -0.15) is 0 Å². The van der Waals surface area contributed by atoms with Crippen molar-refractivity contribution in [3.63, 3.8) is 0 Å². The highest BCUT2D eigenvalue weighted by Gasteiger charge is 2.13. The molecule has 0 fully saturated rings. The monoisotopic (exact) mass is 344 g/mol. The van der Waals surface area contributed by atoms with Gasteiger partial charge in [-0.3, -0.25) is 9.20 Å². The summed E-state index contributed by atoms with van der Waals surface area (Å²) in [7, 11) is 1.74. The Hall–Kier alpha value is -2.60. The van der Waals surface area contributed by atoms with Crippen molar-refractivity contribution in [1.82, 2.24) is 19.5 Å². The molecule has 1 aromatic carbocycles. The fourth-order valence-corrected chi connectivity index (χ4v) is 2.49. The average molecular weight is 345 g/mol. The number of hydrogen-bond acceptors (Lipinski definition) is 4. The molecule has 0 spiro atoms. The summed E-state index contributed by atoms with van der Waals surface area (Å²) in [4.78, 5) is 13.8. The van der Waals surface area contributed by atoms with Crippen LogP contribution in [0.3, 0.4) is 0 Å². The Bertz CT molecular complexity index is 849. The predicted octanol–water partition coefficient (Wildman–Crippen LogP) is 2.81.